The Morgan fingerprint density at radius 1 is 1.04 bits per heavy atom. The molecule has 1 aliphatic rings. The third kappa shape index (κ3) is 2.69. The Bertz CT molecular complexity index is 993. The Balaban J connectivity index is 1.77. The van der Waals surface area contributed by atoms with Crippen LogP contribution in [0.4, 0.5) is 19.0 Å². The molecule has 7 heteroatoms. The van der Waals surface area contributed by atoms with Gasteiger partial charge in [0.15, 0.2) is 0 Å². The van der Waals surface area contributed by atoms with Gasteiger partial charge < -0.3 is 5.32 Å². The number of nitrogens with one attached hydrogen (secondary N) is 1. The number of benzene rings is 2. The number of alkyl halides is 3. The molecular formula is C19H13F3N4. The van der Waals surface area contributed by atoms with Gasteiger partial charge in [0.2, 0.25) is 0 Å². The fourth-order valence-electron chi connectivity index (χ4n) is 3.09. The van der Waals surface area contributed by atoms with Crippen molar-refractivity contribution in [1.82, 2.24) is 9.78 Å². The first kappa shape index (κ1) is 16.2. The van der Waals surface area contributed by atoms with Crippen molar-refractivity contribution in [3.8, 4) is 23.0 Å². The minimum Gasteiger partial charge on any atom is -0.369 e. The summed E-state index contributed by atoms with van der Waals surface area (Å²) in [6, 6.07) is 14.1. The molecule has 0 saturated carbocycles. The van der Waals surface area contributed by atoms with Crippen molar-refractivity contribution in [3.63, 3.8) is 0 Å². The van der Waals surface area contributed by atoms with Crippen LogP contribution >= 0.6 is 0 Å². The molecule has 1 N–H and O–H groups in total. The van der Waals surface area contributed by atoms with Gasteiger partial charge >= 0.3 is 6.18 Å². The largest absolute Gasteiger partial charge is 0.416 e. The van der Waals surface area contributed by atoms with Crippen molar-refractivity contribution in [2.24, 2.45) is 0 Å². The molecule has 0 amide bonds. The van der Waals surface area contributed by atoms with Gasteiger partial charge in [0.25, 0.3) is 0 Å². The zero-order valence-corrected chi connectivity index (χ0v) is 13.5. The van der Waals surface area contributed by atoms with Gasteiger partial charge in [-0.05, 0) is 42.8 Å². The number of hydrogen-bond acceptors (Lipinski definition) is 3. The predicted octanol–water partition coefficient (Wildman–Crippen LogP) is 4.40. The van der Waals surface area contributed by atoms with Crippen molar-refractivity contribution in [2.75, 3.05) is 11.9 Å². The average molecular weight is 354 g/mol. The normalized spacial score (nSPS) is 13.2. The third-order valence-electron chi connectivity index (χ3n) is 4.38. The summed E-state index contributed by atoms with van der Waals surface area (Å²) in [7, 11) is 0. The summed E-state index contributed by atoms with van der Waals surface area (Å²) in [6.07, 6.45) is -3.61. The maximum atomic E-state index is 12.8. The molecule has 0 atom stereocenters. The van der Waals surface area contributed by atoms with Gasteiger partial charge in [-0.1, -0.05) is 12.1 Å². The highest BCUT2D eigenvalue weighted by Gasteiger charge is 2.30. The van der Waals surface area contributed by atoms with Crippen LogP contribution in [-0.4, -0.2) is 16.3 Å². The van der Waals surface area contributed by atoms with E-state index in [0.29, 0.717) is 16.8 Å². The standard InChI is InChI=1S/C19H13F3N4/c20-19(21,22)14-5-3-13(4-6-14)17-16-9-10-24-18(16)26(25-17)15-7-1-12(11-23)2-8-15/h1-8,24H,9-10H2. The van der Waals surface area contributed by atoms with Gasteiger partial charge in [-0.3, -0.25) is 0 Å². The molecule has 0 saturated heterocycles. The number of rotatable bonds is 2. The molecule has 0 aliphatic carbocycles. The second-order valence-electron chi connectivity index (χ2n) is 6.00. The van der Waals surface area contributed by atoms with Gasteiger partial charge in [0.1, 0.15) is 5.82 Å². The number of fused-ring (bicyclic) bond motifs is 1. The van der Waals surface area contributed by atoms with E-state index in [4.69, 9.17) is 5.26 Å². The predicted molar refractivity (Wildman–Crippen MR) is 90.9 cm³/mol. The van der Waals surface area contributed by atoms with E-state index in [2.05, 4.69) is 16.5 Å². The van der Waals surface area contributed by atoms with Gasteiger partial charge in [-0.2, -0.15) is 23.5 Å². The van der Waals surface area contributed by atoms with Crippen LogP contribution in [0.1, 0.15) is 16.7 Å². The van der Waals surface area contributed by atoms with Crippen molar-refractivity contribution >= 4 is 5.82 Å². The highest BCUT2D eigenvalue weighted by Crippen LogP contribution is 2.36. The van der Waals surface area contributed by atoms with Crippen molar-refractivity contribution in [1.29, 1.82) is 5.26 Å². The van der Waals surface area contributed by atoms with Gasteiger partial charge in [-0.15, -0.1) is 0 Å². The van der Waals surface area contributed by atoms with Crippen molar-refractivity contribution < 1.29 is 13.2 Å². The lowest BCUT2D eigenvalue weighted by atomic mass is 10.0. The van der Waals surface area contributed by atoms with Crippen LogP contribution in [0.3, 0.4) is 0 Å². The molecule has 0 spiro atoms. The average Bonchev–Trinajstić information content (AvgIpc) is 3.24. The first-order valence-electron chi connectivity index (χ1n) is 8.01. The lowest BCUT2D eigenvalue weighted by Gasteiger charge is -2.07. The number of anilines is 1. The Hall–Kier alpha value is -3.27. The first-order chi connectivity index (χ1) is 12.5. The van der Waals surface area contributed by atoms with Crippen LogP contribution in [0.5, 0.6) is 0 Å². The van der Waals surface area contributed by atoms with Crippen LogP contribution in [0.2, 0.25) is 0 Å². The van der Waals surface area contributed by atoms with Crippen LogP contribution < -0.4 is 5.32 Å². The Labute approximate surface area is 147 Å². The second-order valence-corrected chi connectivity index (χ2v) is 6.00. The number of aromatic nitrogens is 2. The molecule has 0 fully saturated rings. The van der Waals surface area contributed by atoms with Crippen molar-refractivity contribution in [2.45, 2.75) is 12.6 Å². The number of hydrogen-bond donors (Lipinski definition) is 1. The lowest BCUT2D eigenvalue weighted by Crippen LogP contribution is -2.05. The van der Waals surface area contributed by atoms with Crippen LogP contribution in [0, 0.1) is 11.3 Å². The monoisotopic (exact) mass is 354 g/mol. The smallest absolute Gasteiger partial charge is 0.369 e. The highest BCUT2D eigenvalue weighted by molar-refractivity contribution is 5.73. The fraction of sp³-hybridized carbons (Fsp3) is 0.158. The van der Waals surface area contributed by atoms with E-state index in [0.717, 1.165) is 42.2 Å². The maximum absolute atomic E-state index is 12.8. The Morgan fingerprint density at radius 2 is 1.73 bits per heavy atom. The van der Waals surface area contributed by atoms with Gasteiger partial charge in [0.05, 0.1) is 28.6 Å². The summed E-state index contributed by atoms with van der Waals surface area (Å²) >= 11 is 0. The highest BCUT2D eigenvalue weighted by atomic mass is 19.4. The van der Waals surface area contributed by atoms with E-state index in [1.165, 1.54) is 12.1 Å². The van der Waals surface area contributed by atoms with E-state index in [-0.39, 0.29) is 0 Å². The molecule has 1 aromatic heterocycles. The topological polar surface area (TPSA) is 53.6 Å². The van der Waals surface area contributed by atoms with Crippen LogP contribution in [0.15, 0.2) is 48.5 Å². The van der Waals surface area contributed by atoms with Crippen LogP contribution in [-0.2, 0) is 12.6 Å². The molecule has 1 aliphatic heterocycles. The molecule has 0 radical (unpaired) electrons. The summed E-state index contributed by atoms with van der Waals surface area (Å²) in [5.41, 5.74) is 2.95. The molecule has 0 bridgehead atoms. The lowest BCUT2D eigenvalue weighted by molar-refractivity contribution is -0.137. The van der Waals surface area contributed by atoms with Gasteiger partial charge in [0, 0.05) is 17.7 Å². The third-order valence-corrected chi connectivity index (χ3v) is 4.38. The molecule has 130 valence electrons. The van der Waals surface area contributed by atoms with E-state index < -0.39 is 11.7 Å². The van der Waals surface area contributed by atoms with E-state index in [1.807, 2.05) is 0 Å². The quantitative estimate of drug-likeness (QED) is 0.742. The minimum absolute atomic E-state index is 0.550. The van der Waals surface area contributed by atoms with Crippen molar-refractivity contribution in [3.05, 3.63) is 65.2 Å². The summed E-state index contributed by atoms with van der Waals surface area (Å²) in [5.74, 6) is 0.838. The minimum atomic E-state index is -4.36. The molecular weight excluding hydrogens is 341 g/mol. The first-order valence-corrected chi connectivity index (χ1v) is 8.01. The van der Waals surface area contributed by atoms with E-state index in [1.54, 1.807) is 28.9 Å². The summed E-state index contributed by atoms with van der Waals surface area (Å²) in [4.78, 5) is 0. The maximum Gasteiger partial charge on any atom is 0.416 e. The molecule has 2 aromatic carbocycles. The molecule has 4 nitrogen and oxygen atoms in total. The number of halogens is 3. The fourth-order valence-corrected chi connectivity index (χ4v) is 3.09. The van der Waals surface area contributed by atoms with Crippen LogP contribution in [0.25, 0.3) is 16.9 Å². The zero-order chi connectivity index (χ0) is 18.3. The molecule has 3 aromatic rings. The Morgan fingerprint density at radius 3 is 2.35 bits per heavy atom. The summed E-state index contributed by atoms with van der Waals surface area (Å²) in [6.45, 7) is 0.747. The zero-order valence-electron chi connectivity index (χ0n) is 13.5. The second kappa shape index (κ2) is 5.92. The molecule has 26 heavy (non-hydrogen) atoms. The van der Waals surface area contributed by atoms with E-state index >= 15 is 0 Å². The SMILES string of the molecule is N#Cc1ccc(-n2nc(-c3ccc(C(F)(F)F)cc3)c3c2NCC3)cc1. The Kier molecular flexibility index (Phi) is 3.69. The number of nitrogens with zero attached hydrogens (tertiary/aromatic N) is 3. The summed E-state index contributed by atoms with van der Waals surface area (Å²) in [5, 5.41) is 16.8. The molecule has 2 heterocycles. The summed E-state index contributed by atoms with van der Waals surface area (Å²) < 4.78 is 40.1. The van der Waals surface area contributed by atoms with E-state index in [9.17, 15) is 13.2 Å². The molecule has 0 unspecified atom stereocenters. The van der Waals surface area contributed by atoms with Gasteiger partial charge in [-0.25, -0.2) is 4.68 Å². The molecule has 4 rings (SSSR count). The number of nitriles is 1.